The summed E-state index contributed by atoms with van der Waals surface area (Å²) in [7, 11) is 0. The molecule has 108 valence electrons. The molecule has 0 amide bonds. The summed E-state index contributed by atoms with van der Waals surface area (Å²) in [6.07, 6.45) is 0.889. The summed E-state index contributed by atoms with van der Waals surface area (Å²) in [5, 5.41) is 3.33. The average molecular weight is 270 g/mol. The monoisotopic (exact) mass is 270 g/mol. The molecule has 4 heteroatoms. The fourth-order valence-corrected chi connectivity index (χ4v) is 2.21. The van der Waals surface area contributed by atoms with Crippen molar-refractivity contribution in [1.82, 2.24) is 10.2 Å². The predicted octanol–water partition coefficient (Wildman–Crippen LogP) is 3.35. The van der Waals surface area contributed by atoms with Gasteiger partial charge >= 0.3 is 0 Å². The zero-order chi connectivity index (χ0) is 14.3. The lowest BCUT2D eigenvalue weighted by Gasteiger charge is -2.23. The molecular formula is C15H24F2N2. The zero-order valence-corrected chi connectivity index (χ0v) is 12.0. The van der Waals surface area contributed by atoms with Gasteiger partial charge in [-0.3, -0.25) is 0 Å². The summed E-state index contributed by atoms with van der Waals surface area (Å²) >= 11 is 0. The standard InChI is InChI=1S/C15H24F2N2/c1-4-18-15(9-10-19(5-2)6-3)12-7-8-13(16)14(17)11-12/h7-8,11,15,18H,4-6,9-10H2,1-3H3. The van der Waals surface area contributed by atoms with Gasteiger partial charge in [0.2, 0.25) is 0 Å². The van der Waals surface area contributed by atoms with Gasteiger partial charge in [-0.1, -0.05) is 26.8 Å². The Kier molecular flexibility index (Phi) is 6.95. The molecular weight excluding hydrogens is 246 g/mol. The molecule has 0 aliphatic heterocycles. The maximum absolute atomic E-state index is 13.3. The van der Waals surface area contributed by atoms with E-state index in [0.29, 0.717) is 0 Å². The molecule has 1 aromatic carbocycles. The van der Waals surface area contributed by atoms with Crippen molar-refractivity contribution >= 4 is 0 Å². The average Bonchev–Trinajstić information content (AvgIpc) is 2.42. The molecule has 1 aromatic rings. The van der Waals surface area contributed by atoms with Crippen LogP contribution in [0.3, 0.4) is 0 Å². The molecule has 0 fully saturated rings. The Morgan fingerprint density at radius 3 is 2.32 bits per heavy atom. The highest BCUT2D eigenvalue weighted by atomic mass is 19.2. The van der Waals surface area contributed by atoms with Crippen molar-refractivity contribution in [2.45, 2.75) is 33.2 Å². The predicted molar refractivity (Wildman–Crippen MR) is 75.2 cm³/mol. The minimum absolute atomic E-state index is 0.0701. The third kappa shape index (κ3) is 4.88. The van der Waals surface area contributed by atoms with E-state index in [1.807, 2.05) is 6.92 Å². The van der Waals surface area contributed by atoms with E-state index in [9.17, 15) is 8.78 Å². The minimum atomic E-state index is -0.789. The van der Waals surface area contributed by atoms with Crippen molar-refractivity contribution in [2.75, 3.05) is 26.2 Å². The highest BCUT2D eigenvalue weighted by Gasteiger charge is 2.14. The van der Waals surface area contributed by atoms with E-state index in [-0.39, 0.29) is 6.04 Å². The molecule has 0 saturated carbocycles. The number of hydrogen-bond acceptors (Lipinski definition) is 2. The van der Waals surface area contributed by atoms with Crippen LogP contribution in [0.2, 0.25) is 0 Å². The SMILES string of the molecule is CCNC(CCN(CC)CC)c1ccc(F)c(F)c1. The molecule has 1 rings (SSSR count). The first-order valence-corrected chi connectivity index (χ1v) is 7.03. The Hall–Kier alpha value is -1.00. The van der Waals surface area contributed by atoms with Gasteiger partial charge in [0.1, 0.15) is 0 Å². The van der Waals surface area contributed by atoms with E-state index < -0.39 is 11.6 Å². The zero-order valence-electron chi connectivity index (χ0n) is 12.0. The smallest absolute Gasteiger partial charge is 0.159 e. The maximum Gasteiger partial charge on any atom is 0.159 e. The lowest BCUT2D eigenvalue weighted by molar-refractivity contribution is 0.282. The lowest BCUT2D eigenvalue weighted by Crippen LogP contribution is -2.29. The second-order valence-electron chi connectivity index (χ2n) is 4.60. The topological polar surface area (TPSA) is 15.3 Å². The van der Waals surface area contributed by atoms with Crippen molar-refractivity contribution in [3.05, 3.63) is 35.4 Å². The highest BCUT2D eigenvalue weighted by Crippen LogP contribution is 2.19. The Labute approximate surface area is 114 Å². The van der Waals surface area contributed by atoms with Crippen LogP contribution in [0.15, 0.2) is 18.2 Å². The quantitative estimate of drug-likeness (QED) is 0.779. The molecule has 19 heavy (non-hydrogen) atoms. The number of halogens is 2. The molecule has 0 aliphatic carbocycles. The van der Waals surface area contributed by atoms with Gasteiger partial charge < -0.3 is 10.2 Å². The van der Waals surface area contributed by atoms with Crippen LogP contribution in [0.5, 0.6) is 0 Å². The molecule has 0 spiro atoms. The largest absolute Gasteiger partial charge is 0.310 e. The first-order valence-electron chi connectivity index (χ1n) is 7.03. The van der Waals surface area contributed by atoms with E-state index >= 15 is 0 Å². The van der Waals surface area contributed by atoms with Gasteiger partial charge in [0.25, 0.3) is 0 Å². The molecule has 0 saturated heterocycles. The Bertz CT molecular complexity index is 378. The van der Waals surface area contributed by atoms with E-state index in [0.717, 1.165) is 38.2 Å². The van der Waals surface area contributed by atoms with Crippen LogP contribution in [0.25, 0.3) is 0 Å². The van der Waals surface area contributed by atoms with E-state index in [4.69, 9.17) is 0 Å². The van der Waals surface area contributed by atoms with Crippen LogP contribution in [-0.4, -0.2) is 31.1 Å². The Morgan fingerprint density at radius 1 is 1.11 bits per heavy atom. The van der Waals surface area contributed by atoms with Crippen molar-refractivity contribution in [3.63, 3.8) is 0 Å². The summed E-state index contributed by atoms with van der Waals surface area (Å²) in [4.78, 5) is 2.32. The van der Waals surface area contributed by atoms with Crippen LogP contribution in [-0.2, 0) is 0 Å². The molecule has 2 nitrogen and oxygen atoms in total. The summed E-state index contributed by atoms with van der Waals surface area (Å²) in [6, 6.07) is 4.23. The normalized spacial score (nSPS) is 12.9. The van der Waals surface area contributed by atoms with Gasteiger partial charge in [-0.15, -0.1) is 0 Å². The number of hydrogen-bond donors (Lipinski definition) is 1. The molecule has 0 bridgehead atoms. The van der Waals surface area contributed by atoms with Crippen LogP contribution >= 0.6 is 0 Å². The summed E-state index contributed by atoms with van der Waals surface area (Å²) in [6.45, 7) is 10.0. The first kappa shape index (κ1) is 16.1. The van der Waals surface area contributed by atoms with Crippen LogP contribution in [0, 0.1) is 11.6 Å². The molecule has 1 atom stereocenters. The van der Waals surface area contributed by atoms with Crippen molar-refractivity contribution in [1.29, 1.82) is 0 Å². The Balaban J connectivity index is 2.73. The fraction of sp³-hybridized carbons (Fsp3) is 0.600. The Morgan fingerprint density at radius 2 is 1.79 bits per heavy atom. The minimum Gasteiger partial charge on any atom is -0.310 e. The van der Waals surface area contributed by atoms with E-state index in [2.05, 4.69) is 24.1 Å². The third-order valence-electron chi connectivity index (χ3n) is 3.42. The summed E-state index contributed by atoms with van der Waals surface area (Å²) in [5.41, 5.74) is 0.813. The van der Waals surface area contributed by atoms with Gasteiger partial charge in [0, 0.05) is 6.04 Å². The fourth-order valence-electron chi connectivity index (χ4n) is 2.21. The van der Waals surface area contributed by atoms with Gasteiger partial charge in [0.15, 0.2) is 11.6 Å². The second kappa shape index (κ2) is 8.23. The summed E-state index contributed by atoms with van der Waals surface area (Å²) < 4.78 is 26.3. The number of nitrogens with one attached hydrogen (secondary N) is 1. The highest BCUT2D eigenvalue weighted by molar-refractivity contribution is 5.21. The van der Waals surface area contributed by atoms with Crippen LogP contribution in [0.1, 0.15) is 38.8 Å². The van der Waals surface area contributed by atoms with Crippen molar-refractivity contribution < 1.29 is 8.78 Å². The summed E-state index contributed by atoms with van der Waals surface area (Å²) in [5.74, 6) is -1.56. The first-order chi connectivity index (χ1) is 9.12. The van der Waals surface area contributed by atoms with Crippen molar-refractivity contribution in [3.8, 4) is 0 Å². The van der Waals surface area contributed by atoms with E-state index in [1.165, 1.54) is 12.1 Å². The van der Waals surface area contributed by atoms with Crippen LogP contribution in [0.4, 0.5) is 8.78 Å². The molecule has 0 heterocycles. The lowest BCUT2D eigenvalue weighted by atomic mass is 10.0. The molecule has 1 N–H and O–H groups in total. The van der Waals surface area contributed by atoms with E-state index in [1.54, 1.807) is 6.07 Å². The number of nitrogens with zero attached hydrogens (tertiary/aromatic N) is 1. The van der Waals surface area contributed by atoms with Gasteiger partial charge in [-0.05, 0) is 50.3 Å². The van der Waals surface area contributed by atoms with Gasteiger partial charge in [0.05, 0.1) is 0 Å². The third-order valence-corrected chi connectivity index (χ3v) is 3.42. The number of benzene rings is 1. The molecule has 0 radical (unpaired) electrons. The molecule has 1 unspecified atom stereocenters. The second-order valence-corrected chi connectivity index (χ2v) is 4.60. The molecule has 0 aliphatic rings. The van der Waals surface area contributed by atoms with Gasteiger partial charge in [-0.25, -0.2) is 8.78 Å². The molecule has 0 aromatic heterocycles. The van der Waals surface area contributed by atoms with Crippen molar-refractivity contribution in [2.24, 2.45) is 0 Å². The van der Waals surface area contributed by atoms with Gasteiger partial charge in [-0.2, -0.15) is 0 Å². The van der Waals surface area contributed by atoms with Crippen LogP contribution < -0.4 is 5.32 Å². The maximum atomic E-state index is 13.3. The number of rotatable bonds is 8.